The first kappa shape index (κ1) is 12.9. The fourth-order valence-electron chi connectivity index (χ4n) is 1.32. The second-order valence-electron chi connectivity index (χ2n) is 3.51. The number of nitriles is 1. The van der Waals surface area contributed by atoms with Crippen LogP contribution in [0.5, 0.6) is 0 Å². The zero-order valence-corrected chi connectivity index (χ0v) is 10.3. The summed E-state index contributed by atoms with van der Waals surface area (Å²) in [6.45, 7) is 4.16. The molecule has 1 N–H and O–H groups in total. The quantitative estimate of drug-likeness (QED) is 0.855. The fourth-order valence-corrected chi connectivity index (χ4v) is 1.99. The van der Waals surface area contributed by atoms with E-state index in [1.807, 2.05) is 11.8 Å². The van der Waals surface area contributed by atoms with Crippen molar-refractivity contribution in [2.45, 2.75) is 19.9 Å². The van der Waals surface area contributed by atoms with E-state index in [1.165, 1.54) is 12.1 Å². The van der Waals surface area contributed by atoms with Gasteiger partial charge in [-0.05, 0) is 30.9 Å². The minimum Gasteiger partial charge on any atom is -0.382 e. The molecule has 1 atom stereocenters. The summed E-state index contributed by atoms with van der Waals surface area (Å²) in [5.74, 6) is 1.59. The maximum Gasteiger partial charge on any atom is 0.143 e. The lowest BCUT2D eigenvalue weighted by atomic mass is 10.2. The molecule has 0 aliphatic carbocycles. The average molecular weight is 238 g/mol. The highest BCUT2D eigenvalue weighted by atomic mass is 32.2. The number of hydrogen-bond acceptors (Lipinski definition) is 3. The molecule has 16 heavy (non-hydrogen) atoms. The third kappa shape index (κ3) is 3.74. The van der Waals surface area contributed by atoms with Crippen LogP contribution in [0.3, 0.4) is 0 Å². The Kier molecular flexibility index (Phi) is 5.13. The van der Waals surface area contributed by atoms with Crippen molar-refractivity contribution < 1.29 is 4.39 Å². The smallest absolute Gasteiger partial charge is 0.143 e. The summed E-state index contributed by atoms with van der Waals surface area (Å²) in [5.41, 5.74) is 0.807. The molecule has 86 valence electrons. The predicted octanol–water partition coefficient (Wildman–Crippen LogP) is 3.25. The Balaban J connectivity index is 2.61. The van der Waals surface area contributed by atoms with Crippen LogP contribution in [0.15, 0.2) is 18.2 Å². The molecule has 1 rings (SSSR count). The maximum atomic E-state index is 13.3. The molecule has 0 heterocycles. The van der Waals surface area contributed by atoms with E-state index < -0.39 is 5.82 Å². The van der Waals surface area contributed by atoms with Crippen LogP contribution in [0, 0.1) is 17.1 Å². The van der Waals surface area contributed by atoms with Crippen molar-refractivity contribution in [1.82, 2.24) is 0 Å². The highest BCUT2D eigenvalue weighted by Crippen LogP contribution is 2.15. The SMILES string of the molecule is CCSCC(C)Nc1ccc(C#N)c(F)c1. The van der Waals surface area contributed by atoms with E-state index in [2.05, 4.69) is 19.2 Å². The van der Waals surface area contributed by atoms with Gasteiger partial charge in [-0.2, -0.15) is 17.0 Å². The van der Waals surface area contributed by atoms with Crippen molar-refractivity contribution >= 4 is 17.4 Å². The lowest BCUT2D eigenvalue weighted by Gasteiger charge is -2.14. The summed E-state index contributed by atoms with van der Waals surface area (Å²) in [5, 5.41) is 11.8. The van der Waals surface area contributed by atoms with Crippen LogP contribution >= 0.6 is 11.8 Å². The van der Waals surface area contributed by atoms with E-state index in [1.54, 1.807) is 12.1 Å². The van der Waals surface area contributed by atoms with Crippen LogP contribution in [0.25, 0.3) is 0 Å². The third-order valence-corrected chi connectivity index (χ3v) is 3.22. The van der Waals surface area contributed by atoms with E-state index >= 15 is 0 Å². The minimum absolute atomic E-state index is 0.0844. The van der Waals surface area contributed by atoms with Crippen LogP contribution in [0.2, 0.25) is 0 Å². The van der Waals surface area contributed by atoms with Crippen molar-refractivity contribution in [3.05, 3.63) is 29.6 Å². The summed E-state index contributed by atoms with van der Waals surface area (Å²) in [6.07, 6.45) is 0. The lowest BCUT2D eigenvalue weighted by Crippen LogP contribution is -2.18. The maximum absolute atomic E-state index is 13.3. The summed E-state index contributed by atoms with van der Waals surface area (Å²) < 4.78 is 13.3. The van der Waals surface area contributed by atoms with Gasteiger partial charge in [0.15, 0.2) is 0 Å². The van der Waals surface area contributed by atoms with Crippen molar-refractivity contribution in [3.63, 3.8) is 0 Å². The van der Waals surface area contributed by atoms with Crippen LogP contribution in [0.1, 0.15) is 19.4 Å². The van der Waals surface area contributed by atoms with E-state index in [0.717, 1.165) is 17.2 Å². The summed E-state index contributed by atoms with van der Waals surface area (Å²) in [7, 11) is 0. The topological polar surface area (TPSA) is 35.8 Å². The van der Waals surface area contributed by atoms with Gasteiger partial charge in [0.1, 0.15) is 11.9 Å². The van der Waals surface area contributed by atoms with Crippen molar-refractivity contribution in [2.24, 2.45) is 0 Å². The van der Waals surface area contributed by atoms with E-state index in [0.29, 0.717) is 0 Å². The lowest BCUT2D eigenvalue weighted by molar-refractivity contribution is 0.624. The van der Waals surface area contributed by atoms with Gasteiger partial charge in [0, 0.05) is 17.5 Å². The number of anilines is 1. The fraction of sp³-hybridized carbons (Fsp3) is 0.417. The van der Waals surface area contributed by atoms with E-state index in [4.69, 9.17) is 5.26 Å². The molecule has 4 heteroatoms. The molecular weight excluding hydrogens is 223 g/mol. The molecule has 2 nitrogen and oxygen atoms in total. The predicted molar refractivity (Wildman–Crippen MR) is 67.2 cm³/mol. The first-order valence-corrected chi connectivity index (χ1v) is 6.36. The monoisotopic (exact) mass is 238 g/mol. The molecule has 0 aliphatic rings. The van der Waals surface area contributed by atoms with Gasteiger partial charge < -0.3 is 5.32 Å². The normalized spacial score (nSPS) is 11.9. The molecule has 1 aromatic rings. The molecule has 0 aliphatic heterocycles. The molecule has 0 fully saturated rings. The Morgan fingerprint density at radius 1 is 1.56 bits per heavy atom. The molecule has 0 amide bonds. The van der Waals surface area contributed by atoms with Gasteiger partial charge in [-0.25, -0.2) is 4.39 Å². The Morgan fingerprint density at radius 2 is 2.31 bits per heavy atom. The molecule has 0 radical (unpaired) electrons. The number of hydrogen-bond donors (Lipinski definition) is 1. The zero-order chi connectivity index (χ0) is 12.0. The highest BCUT2D eigenvalue weighted by Gasteiger charge is 2.05. The molecule has 0 aromatic heterocycles. The van der Waals surface area contributed by atoms with Gasteiger partial charge >= 0.3 is 0 Å². The molecule has 0 bridgehead atoms. The van der Waals surface area contributed by atoms with E-state index in [-0.39, 0.29) is 11.6 Å². The Hall–Kier alpha value is -1.21. The van der Waals surface area contributed by atoms with Gasteiger partial charge in [-0.1, -0.05) is 6.92 Å². The Morgan fingerprint density at radius 3 is 2.88 bits per heavy atom. The van der Waals surface area contributed by atoms with Gasteiger partial charge in [-0.15, -0.1) is 0 Å². The number of rotatable bonds is 5. The largest absolute Gasteiger partial charge is 0.382 e. The summed E-state index contributed by atoms with van der Waals surface area (Å²) in [6, 6.07) is 6.69. The molecule has 0 saturated carbocycles. The van der Waals surface area contributed by atoms with Crippen molar-refractivity contribution in [1.29, 1.82) is 5.26 Å². The number of benzene rings is 1. The standard InChI is InChI=1S/C12H15FN2S/c1-3-16-8-9(2)15-11-5-4-10(7-14)12(13)6-11/h4-6,9,15H,3,8H2,1-2H3. The van der Waals surface area contributed by atoms with Crippen LogP contribution in [0.4, 0.5) is 10.1 Å². The first-order valence-electron chi connectivity index (χ1n) is 5.21. The summed E-state index contributed by atoms with van der Waals surface area (Å²) in [4.78, 5) is 0. The third-order valence-electron chi connectivity index (χ3n) is 2.07. The molecule has 0 saturated heterocycles. The molecule has 1 aromatic carbocycles. The van der Waals surface area contributed by atoms with Gasteiger partial charge in [0.2, 0.25) is 0 Å². The zero-order valence-electron chi connectivity index (χ0n) is 9.46. The van der Waals surface area contributed by atoms with Crippen LogP contribution in [-0.4, -0.2) is 17.5 Å². The van der Waals surface area contributed by atoms with Gasteiger partial charge in [0.05, 0.1) is 5.56 Å². The van der Waals surface area contributed by atoms with Crippen LogP contribution < -0.4 is 5.32 Å². The van der Waals surface area contributed by atoms with Crippen LogP contribution in [-0.2, 0) is 0 Å². The number of nitrogens with zero attached hydrogens (tertiary/aromatic N) is 1. The minimum atomic E-state index is -0.470. The number of halogens is 1. The number of nitrogens with one attached hydrogen (secondary N) is 1. The Bertz CT molecular complexity index is 387. The van der Waals surface area contributed by atoms with Crippen molar-refractivity contribution in [3.8, 4) is 6.07 Å². The average Bonchev–Trinajstić information content (AvgIpc) is 2.26. The second-order valence-corrected chi connectivity index (χ2v) is 4.83. The molecule has 1 unspecified atom stereocenters. The molecular formula is C12H15FN2S. The van der Waals surface area contributed by atoms with Gasteiger partial charge in [0.25, 0.3) is 0 Å². The van der Waals surface area contributed by atoms with E-state index in [9.17, 15) is 4.39 Å². The summed E-state index contributed by atoms with van der Waals surface area (Å²) >= 11 is 1.84. The Labute approximate surface area is 99.9 Å². The first-order chi connectivity index (χ1) is 7.67. The second kappa shape index (κ2) is 6.39. The van der Waals surface area contributed by atoms with Gasteiger partial charge in [-0.3, -0.25) is 0 Å². The highest BCUT2D eigenvalue weighted by molar-refractivity contribution is 7.99. The number of thioether (sulfide) groups is 1. The molecule has 0 spiro atoms. The van der Waals surface area contributed by atoms with Crippen molar-refractivity contribution in [2.75, 3.05) is 16.8 Å².